The van der Waals surface area contributed by atoms with Crippen molar-refractivity contribution in [1.82, 2.24) is 5.32 Å². The van der Waals surface area contributed by atoms with Gasteiger partial charge in [-0.05, 0) is 23.8 Å². The highest BCUT2D eigenvalue weighted by molar-refractivity contribution is 6.46. The molecule has 1 aliphatic heterocycles. The van der Waals surface area contributed by atoms with E-state index >= 15 is 0 Å². The van der Waals surface area contributed by atoms with Gasteiger partial charge in [-0.15, -0.1) is 0 Å². The molecule has 2 aromatic rings. The molecule has 0 aromatic heterocycles. The molecular weight excluding hydrogens is 322 g/mol. The Balaban J connectivity index is 2.12. The molecule has 0 spiro atoms. The topological polar surface area (TPSA) is 84.9 Å². The lowest BCUT2D eigenvalue weighted by Gasteiger charge is -2.14. The Bertz CT molecular complexity index is 857. The SMILES string of the molecule is COc1ccc(C(O)=C2C(=O)C(=O)NC2c2ccccc2)cc1OC. The summed E-state index contributed by atoms with van der Waals surface area (Å²) in [4.78, 5) is 24.2. The van der Waals surface area contributed by atoms with Crippen LogP contribution in [-0.4, -0.2) is 31.0 Å². The lowest BCUT2D eigenvalue weighted by atomic mass is 9.96. The first kappa shape index (κ1) is 16.6. The van der Waals surface area contributed by atoms with Gasteiger partial charge in [-0.25, -0.2) is 0 Å². The van der Waals surface area contributed by atoms with Gasteiger partial charge >= 0.3 is 0 Å². The first-order chi connectivity index (χ1) is 12.1. The van der Waals surface area contributed by atoms with Crippen molar-refractivity contribution in [3.8, 4) is 11.5 Å². The van der Waals surface area contributed by atoms with Gasteiger partial charge in [0.1, 0.15) is 5.76 Å². The number of benzene rings is 2. The number of aliphatic hydroxyl groups is 1. The first-order valence-electron chi connectivity index (χ1n) is 7.62. The van der Waals surface area contributed by atoms with E-state index in [0.29, 0.717) is 22.6 Å². The van der Waals surface area contributed by atoms with E-state index in [0.717, 1.165) is 0 Å². The molecule has 1 amide bonds. The van der Waals surface area contributed by atoms with Crippen LogP contribution in [-0.2, 0) is 9.59 Å². The van der Waals surface area contributed by atoms with Gasteiger partial charge < -0.3 is 19.9 Å². The molecule has 0 bridgehead atoms. The molecular formula is C19H17NO5. The number of rotatable bonds is 4. The predicted molar refractivity (Wildman–Crippen MR) is 91.4 cm³/mol. The van der Waals surface area contributed by atoms with Crippen LogP contribution in [0.2, 0.25) is 0 Å². The van der Waals surface area contributed by atoms with Crippen molar-refractivity contribution < 1.29 is 24.2 Å². The molecule has 1 aliphatic rings. The number of hydrogen-bond acceptors (Lipinski definition) is 5. The third-order valence-electron chi connectivity index (χ3n) is 4.06. The van der Waals surface area contributed by atoms with Crippen LogP contribution in [0.5, 0.6) is 11.5 Å². The van der Waals surface area contributed by atoms with Gasteiger partial charge in [-0.3, -0.25) is 9.59 Å². The van der Waals surface area contributed by atoms with Gasteiger partial charge in [0.05, 0.1) is 25.8 Å². The summed E-state index contributed by atoms with van der Waals surface area (Å²) in [5.74, 6) is -0.848. The normalized spacial score (nSPS) is 18.7. The summed E-state index contributed by atoms with van der Waals surface area (Å²) < 4.78 is 10.4. The Morgan fingerprint density at radius 3 is 2.32 bits per heavy atom. The Labute approximate surface area is 144 Å². The number of ketones is 1. The molecule has 1 atom stereocenters. The zero-order valence-corrected chi connectivity index (χ0v) is 13.8. The smallest absolute Gasteiger partial charge is 0.293 e. The number of methoxy groups -OCH3 is 2. The molecule has 2 N–H and O–H groups in total. The maximum atomic E-state index is 12.3. The lowest BCUT2D eigenvalue weighted by Crippen LogP contribution is -2.21. The summed E-state index contributed by atoms with van der Waals surface area (Å²) in [6, 6.07) is 13.1. The van der Waals surface area contributed by atoms with E-state index in [2.05, 4.69) is 5.32 Å². The molecule has 1 saturated heterocycles. The zero-order valence-electron chi connectivity index (χ0n) is 13.8. The lowest BCUT2D eigenvalue weighted by molar-refractivity contribution is -0.133. The largest absolute Gasteiger partial charge is 0.507 e. The van der Waals surface area contributed by atoms with E-state index in [9.17, 15) is 14.7 Å². The average Bonchev–Trinajstić information content (AvgIpc) is 2.96. The van der Waals surface area contributed by atoms with Gasteiger partial charge in [0, 0.05) is 5.56 Å². The minimum absolute atomic E-state index is 0.0171. The highest BCUT2D eigenvalue weighted by Crippen LogP contribution is 2.35. The van der Waals surface area contributed by atoms with Crippen molar-refractivity contribution in [3.63, 3.8) is 0 Å². The fraction of sp³-hybridized carbons (Fsp3) is 0.158. The molecule has 2 aromatic carbocycles. The molecule has 0 aliphatic carbocycles. The van der Waals surface area contributed by atoms with E-state index in [1.807, 2.05) is 6.07 Å². The summed E-state index contributed by atoms with van der Waals surface area (Å²) in [6.45, 7) is 0. The van der Waals surface area contributed by atoms with Crippen molar-refractivity contribution >= 4 is 17.4 Å². The average molecular weight is 339 g/mol. The Morgan fingerprint density at radius 1 is 1.00 bits per heavy atom. The van der Waals surface area contributed by atoms with Crippen LogP contribution in [0.3, 0.4) is 0 Å². The van der Waals surface area contributed by atoms with Crippen molar-refractivity contribution in [3.05, 3.63) is 65.2 Å². The van der Waals surface area contributed by atoms with Gasteiger partial charge in [0.25, 0.3) is 11.7 Å². The van der Waals surface area contributed by atoms with Gasteiger partial charge in [0.2, 0.25) is 0 Å². The minimum atomic E-state index is -0.749. The second kappa shape index (κ2) is 6.68. The molecule has 1 fully saturated rings. The van der Waals surface area contributed by atoms with Crippen LogP contribution in [0.25, 0.3) is 5.76 Å². The highest BCUT2D eigenvalue weighted by atomic mass is 16.5. The maximum absolute atomic E-state index is 12.3. The Hall–Kier alpha value is -3.28. The number of aliphatic hydroxyl groups excluding tert-OH is 1. The van der Waals surface area contributed by atoms with Crippen molar-refractivity contribution in [2.24, 2.45) is 0 Å². The molecule has 6 heteroatoms. The molecule has 128 valence electrons. The number of amides is 1. The van der Waals surface area contributed by atoms with Crippen LogP contribution in [0, 0.1) is 0 Å². The van der Waals surface area contributed by atoms with E-state index in [-0.39, 0.29) is 11.3 Å². The van der Waals surface area contributed by atoms with Crippen LogP contribution < -0.4 is 14.8 Å². The molecule has 1 unspecified atom stereocenters. The van der Waals surface area contributed by atoms with Gasteiger partial charge in [0.15, 0.2) is 11.5 Å². The summed E-state index contributed by atoms with van der Waals surface area (Å²) >= 11 is 0. The van der Waals surface area contributed by atoms with E-state index in [1.165, 1.54) is 14.2 Å². The van der Waals surface area contributed by atoms with Crippen molar-refractivity contribution in [1.29, 1.82) is 0 Å². The monoisotopic (exact) mass is 339 g/mol. The standard InChI is InChI=1S/C19H17NO5/c1-24-13-9-8-12(10-14(13)25-2)17(21)15-16(20-19(23)18(15)22)11-6-4-3-5-7-11/h3-10,16,21H,1-2H3,(H,20,23). The number of carbonyl (C=O) groups is 2. The second-order valence-electron chi connectivity index (χ2n) is 5.48. The zero-order chi connectivity index (χ0) is 18.0. The first-order valence-corrected chi connectivity index (χ1v) is 7.62. The number of nitrogens with one attached hydrogen (secondary N) is 1. The summed E-state index contributed by atoms with van der Waals surface area (Å²) in [5.41, 5.74) is 1.09. The minimum Gasteiger partial charge on any atom is -0.507 e. The van der Waals surface area contributed by atoms with Crippen molar-refractivity contribution in [2.45, 2.75) is 6.04 Å². The van der Waals surface area contributed by atoms with Gasteiger partial charge in [-0.2, -0.15) is 0 Å². The molecule has 6 nitrogen and oxygen atoms in total. The molecule has 25 heavy (non-hydrogen) atoms. The Morgan fingerprint density at radius 2 is 1.68 bits per heavy atom. The van der Waals surface area contributed by atoms with Crippen LogP contribution in [0.15, 0.2) is 54.1 Å². The number of carbonyl (C=O) groups excluding carboxylic acids is 2. The van der Waals surface area contributed by atoms with Crippen molar-refractivity contribution in [2.75, 3.05) is 14.2 Å². The third-order valence-corrected chi connectivity index (χ3v) is 4.06. The summed E-state index contributed by atoms with van der Waals surface area (Å²) in [7, 11) is 2.98. The Kier molecular flexibility index (Phi) is 4.43. The van der Waals surface area contributed by atoms with Crippen LogP contribution in [0.1, 0.15) is 17.2 Å². The van der Waals surface area contributed by atoms with Gasteiger partial charge in [-0.1, -0.05) is 30.3 Å². The summed E-state index contributed by atoms with van der Waals surface area (Å²) in [6.07, 6.45) is 0. The second-order valence-corrected chi connectivity index (χ2v) is 5.48. The van der Waals surface area contributed by atoms with Crippen LogP contribution in [0.4, 0.5) is 0 Å². The number of hydrogen-bond donors (Lipinski definition) is 2. The molecule has 0 saturated carbocycles. The van der Waals surface area contributed by atoms with E-state index in [4.69, 9.17) is 9.47 Å². The number of ether oxygens (including phenoxy) is 2. The highest BCUT2D eigenvalue weighted by Gasteiger charge is 2.39. The fourth-order valence-corrected chi connectivity index (χ4v) is 2.80. The fourth-order valence-electron chi connectivity index (χ4n) is 2.80. The summed E-state index contributed by atoms with van der Waals surface area (Å²) in [5, 5.41) is 13.3. The van der Waals surface area contributed by atoms with E-state index < -0.39 is 17.7 Å². The molecule has 0 radical (unpaired) electrons. The van der Waals surface area contributed by atoms with Crippen LogP contribution >= 0.6 is 0 Å². The molecule has 1 heterocycles. The maximum Gasteiger partial charge on any atom is 0.293 e. The molecule has 3 rings (SSSR count). The predicted octanol–water partition coefficient (Wildman–Crippen LogP) is 2.41. The third kappa shape index (κ3) is 2.94. The quantitative estimate of drug-likeness (QED) is 0.508. The number of Topliss-reactive ketones (excluding diaryl/α,β-unsaturated/α-hetero) is 1. The van der Waals surface area contributed by atoms with E-state index in [1.54, 1.807) is 42.5 Å².